The van der Waals surface area contributed by atoms with Gasteiger partial charge in [0.1, 0.15) is 5.38 Å². The van der Waals surface area contributed by atoms with Crippen LogP contribution in [-0.2, 0) is 4.79 Å². The van der Waals surface area contributed by atoms with E-state index >= 15 is 0 Å². The Bertz CT molecular complexity index is 361. The highest BCUT2D eigenvalue weighted by molar-refractivity contribution is 7.08. The van der Waals surface area contributed by atoms with E-state index in [4.69, 9.17) is 16.7 Å². The first-order valence-corrected chi connectivity index (χ1v) is 5.14. The van der Waals surface area contributed by atoms with Crippen molar-refractivity contribution in [2.45, 2.75) is 12.3 Å². The number of carbonyl (C=O) groups excluding carboxylic acids is 1. The van der Waals surface area contributed by atoms with E-state index in [9.17, 15) is 9.59 Å². The summed E-state index contributed by atoms with van der Waals surface area (Å²) in [7, 11) is 0. The monoisotopic (exact) mass is 233 g/mol. The minimum absolute atomic E-state index is 0.0840. The number of alkyl halides is 1. The van der Waals surface area contributed by atoms with E-state index in [1.54, 1.807) is 5.38 Å². The third-order valence-corrected chi connectivity index (χ3v) is 2.45. The molecule has 0 radical (unpaired) electrons. The molecule has 0 aliphatic carbocycles. The summed E-state index contributed by atoms with van der Waals surface area (Å²) in [4.78, 5) is 21.8. The molecule has 1 unspecified atom stereocenters. The second kappa shape index (κ2) is 4.43. The lowest BCUT2D eigenvalue weighted by Crippen LogP contribution is -2.21. The number of amides is 1. The molecule has 4 nitrogen and oxygen atoms in total. The molecule has 0 saturated heterocycles. The van der Waals surface area contributed by atoms with Crippen LogP contribution in [0.25, 0.3) is 0 Å². The molecule has 6 heteroatoms. The van der Waals surface area contributed by atoms with Gasteiger partial charge in [0.15, 0.2) is 0 Å². The molecule has 14 heavy (non-hydrogen) atoms. The van der Waals surface area contributed by atoms with Crippen molar-refractivity contribution in [3.63, 3.8) is 0 Å². The molecule has 1 rings (SSSR count). The Hall–Kier alpha value is -1.07. The van der Waals surface area contributed by atoms with Crippen molar-refractivity contribution in [1.82, 2.24) is 0 Å². The van der Waals surface area contributed by atoms with Crippen molar-refractivity contribution >= 4 is 40.5 Å². The standard InChI is InChI=1S/C8H8ClNO3S/c1-4(9)7(11)10-6-3-14-2-5(6)8(12)13/h2-4H,1H3,(H,10,11)(H,12,13). The Kier molecular flexibility index (Phi) is 3.49. The van der Waals surface area contributed by atoms with Gasteiger partial charge in [-0.2, -0.15) is 0 Å². The molecular weight excluding hydrogens is 226 g/mol. The van der Waals surface area contributed by atoms with Crippen LogP contribution in [0, 0.1) is 0 Å². The third kappa shape index (κ3) is 2.46. The highest BCUT2D eigenvalue weighted by Crippen LogP contribution is 2.21. The van der Waals surface area contributed by atoms with Crippen LogP contribution in [0.3, 0.4) is 0 Å². The first-order chi connectivity index (χ1) is 6.52. The quantitative estimate of drug-likeness (QED) is 0.785. The predicted octanol–water partition coefficient (Wildman–Crippen LogP) is 2.01. The van der Waals surface area contributed by atoms with Crippen LogP contribution in [0.15, 0.2) is 10.8 Å². The molecule has 1 amide bonds. The van der Waals surface area contributed by atoms with E-state index < -0.39 is 17.3 Å². The van der Waals surface area contributed by atoms with Crippen LogP contribution in [0.4, 0.5) is 5.69 Å². The number of nitrogens with one attached hydrogen (secondary N) is 1. The molecule has 0 fully saturated rings. The Balaban J connectivity index is 2.82. The van der Waals surface area contributed by atoms with Crippen molar-refractivity contribution < 1.29 is 14.7 Å². The molecular formula is C8H8ClNO3S. The zero-order chi connectivity index (χ0) is 10.7. The Labute approximate surface area is 89.5 Å². The fraction of sp³-hybridized carbons (Fsp3) is 0.250. The van der Waals surface area contributed by atoms with E-state index in [-0.39, 0.29) is 5.56 Å². The van der Waals surface area contributed by atoms with Crippen LogP contribution in [0.5, 0.6) is 0 Å². The number of hydrogen-bond acceptors (Lipinski definition) is 3. The van der Waals surface area contributed by atoms with E-state index in [1.807, 2.05) is 0 Å². The zero-order valence-electron chi connectivity index (χ0n) is 7.28. The molecule has 0 bridgehead atoms. The molecule has 1 aromatic rings. The van der Waals surface area contributed by atoms with Gasteiger partial charge in [0.25, 0.3) is 0 Å². The highest BCUT2D eigenvalue weighted by Gasteiger charge is 2.15. The maximum atomic E-state index is 11.2. The zero-order valence-corrected chi connectivity index (χ0v) is 8.85. The smallest absolute Gasteiger partial charge is 0.338 e. The number of carboxylic acid groups (broad SMARTS) is 1. The topological polar surface area (TPSA) is 66.4 Å². The molecule has 0 aromatic carbocycles. The van der Waals surface area contributed by atoms with Crippen molar-refractivity contribution in [2.24, 2.45) is 0 Å². The van der Waals surface area contributed by atoms with Crippen LogP contribution < -0.4 is 5.32 Å². The van der Waals surface area contributed by atoms with Gasteiger partial charge in [-0.3, -0.25) is 4.79 Å². The number of thiophene rings is 1. The molecule has 1 aromatic heterocycles. The average Bonchev–Trinajstić information content (AvgIpc) is 2.52. The van der Waals surface area contributed by atoms with E-state index in [0.717, 1.165) is 0 Å². The number of anilines is 1. The lowest BCUT2D eigenvalue weighted by atomic mass is 10.3. The summed E-state index contributed by atoms with van der Waals surface area (Å²) in [6, 6.07) is 0. The molecule has 0 aliphatic rings. The molecule has 1 heterocycles. The van der Waals surface area contributed by atoms with Crippen molar-refractivity contribution in [3.05, 3.63) is 16.3 Å². The van der Waals surface area contributed by atoms with Crippen molar-refractivity contribution in [1.29, 1.82) is 0 Å². The molecule has 0 aliphatic heterocycles. The van der Waals surface area contributed by atoms with Crippen LogP contribution in [0.2, 0.25) is 0 Å². The normalized spacial score (nSPS) is 12.1. The second-order valence-corrected chi connectivity index (χ2v) is 4.01. The summed E-state index contributed by atoms with van der Waals surface area (Å²) in [5.74, 6) is -1.48. The number of halogens is 1. The predicted molar refractivity (Wildman–Crippen MR) is 55.2 cm³/mol. The minimum Gasteiger partial charge on any atom is -0.478 e. The van der Waals surface area contributed by atoms with E-state index in [2.05, 4.69) is 5.32 Å². The van der Waals surface area contributed by atoms with Crippen LogP contribution in [0.1, 0.15) is 17.3 Å². The second-order valence-electron chi connectivity index (χ2n) is 2.61. The number of carbonyl (C=O) groups is 2. The maximum absolute atomic E-state index is 11.2. The lowest BCUT2D eigenvalue weighted by Gasteiger charge is -2.05. The SMILES string of the molecule is CC(Cl)C(=O)Nc1cscc1C(=O)O. The van der Waals surface area contributed by atoms with Gasteiger partial charge in [-0.15, -0.1) is 22.9 Å². The van der Waals surface area contributed by atoms with Gasteiger partial charge in [0, 0.05) is 10.8 Å². The molecule has 1 atom stereocenters. The molecule has 76 valence electrons. The summed E-state index contributed by atoms with van der Waals surface area (Å²) in [5, 5.41) is 13.5. The van der Waals surface area contributed by atoms with Crippen LogP contribution >= 0.6 is 22.9 Å². The Morgan fingerprint density at radius 3 is 2.71 bits per heavy atom. The summed E-state index contributed by atoms with van der Waals surface area (Å²) >= 11 is 6.73. The largest absolute Gasteiger partial charge is 0.478 e. The third-order valence-electron chi connectivity index (χ3n) is 1.51. The van der Waals surface area contributed by atoms with Gasteiger partial charge in [0.2, 0.25) is 5.91 Å². The first-order valence-electron chi connectivity index (χ1n) is 3.76. The van der Waals surface area contributed by atoms with Gasteiger partial charge in [-0.1, -0.05) is 0 Å². The van der Waals surface area contributed by atoms with Gasteiger partial charge >= 0.3 is 5.97 Å². The Morgan fingerprint density at radius 2 is 2.21 bits per heavy atom. The first kappa shape index (κ1) is 11.0. The summed E-state index contributed by atoms with van der Waals surface area (Å²) in [6.45, 7) is 1.52. The Morgan fingerprint density at radius 1 is 1.57 bits per heavy atom. The summed E-state index contributed by atoms with van der Waals surface area (Å²) < 4.78 is 0. The van der Waals surface area contributed by atoms with Crippen LogP contribution in [-0.4, -0.2) is 22.4 Å². The minimum atomic E-state index is -1.07. The molecule has 0 saturated carbocycles. The fourth-order valence-corrected chi connectivity index (χ4v) is 1.60. The lowest BCUT2D eigenvalue weighted by molar-refractivity contribution is -0.115. The number of rotatable bonds is 3. The summed E-state index contributed by atoms with van der Waals surface area (Å²) in [6.07, 6.45) is 0. The van der Waals surface area contributed by atoms with Crippen molar-refractivity contribution in [2.75, 3.05) is 5.32 Å². The summed E-state index contributed by atoms with van der Waals surface area (Å²) in [5.41, 5.74) is 0.376. The number of hydrogen-bond donors (Lipinski definition) is 2. The van der Waals surface area contributed by atoms with Gasteiger partial charge < -0.3 is 10.4 Å². The maximum Gasteiger partial charge on any atom is 0.338 e. The van der Waals surface area contributed by atoms with E-state index in [1.165, 1.54) is 23.6 Å². The van der Waals surface area contributed by atoms with Gasteiger partial charge in [-0.25, -0.2) is 4.79 Å². The number of aromatic carboxylic acids is 1. The van der Waals surface area contributed by atoms with Crippen molar-refractivity contribution in [3.8, 4) is 0 Å². The van der Waals surface area contributed by atoms with Gasteiger partial charge in [0.05, 0.1) is 11.3 Å². The fourth-order valence-electron chi connectivity index (χ4n) is 0.792. The highest BCUT2D eigenvalue weighted by atomic mass is 35.5. The average molecular weight is 234 g/mol. The van der Waals surface area contributed by atoms with Gasteiger partial charge in [-0.05, 0) is 6.92 Å². The molecule has 2 N–H and O–H groups in total. The number of carboxylic acids is 1. The van der Waals surface area contributed by atoms with E-state index in [0.29, 0.717) is 5.69 Å². The molecule has 0 spiro atoms.